The van der Waals surface area contributed by atoms with Crippen molar-refractivity contribution in [3.05, 3.63) is 59.3 Å². The van der Waals surface area contributed by atoms with Crippen LogP contribution in [0.4, 0.5) is 15.9 Å². The number of anilines is 2. The molecule has 3 aromatic rings. The monoisotopic (exact) mass is 485 g/mol. The van der Waals surface area contributed by atoms with Crippen LogP contribution in [0.1, 0.15) is 28.9 Å². The van der Waals surface area contributed by atoms with Crippen LogP contribution in [0.15, 0.2) is 31.0 Å². The first-order valence-electron chi connectivity index (χ1n) is 12.4. The van der Waals surface area contributed by atoms with Gasteiger partial charge in [-0.15, -0.1) is 0 Å². The largest absolute Gasteiger partial charge is 0.423 e. The van der Waals surface area contributed by atoms with Crippen LogP contribution in [0.5, 0.6) is 11.8 Å². The fourth-order valence-electron chi connectivity index (χ4n) is 6.26. The molecule has 2 aromatic heterocycles. The Kier molecular flexibility index (Phi) is 4.57. The van der Waals surface area contributed by atoms with E-state index in [1.807, 2.05) is 20.2 Å². The maximum Gasteiger partial charge on any atom is 0.324 e. The fraction of sp³-hybridized carbons (Fsp3) is 0.370. The molecule has 1 saturated heterocycles. The Morgan fingerprint density at radius 3 is 2.81 bits per heavy atom. The molecule has 184 valence electrons. The molecule has 0 radical (unpaired) electrons. The molecule has 7 rings (SSSR count). The SMILES string of the molecule is C=C1c2cc(Oc3nc4c(c(N5CC6C[C@@H](N)C6C5)n3)-c3cc(F)cc(NC)c3C4)cnc2CN1C. The summed E-state index contributed by atoms with van der Waals surface area (Å²) in [7, 11) is 3.81. The van der Waals surface area contributed by atoms with Gasteiger partial charge in [0.25, 0.3) is 0 Å². The van der Waals surface area contributed by atoms with Crippen molar-refractivity contribution in [1.29, 1.82) is 0 Å². The molecular weight excluding hydrogens is 457 g/mol. The van der Waals surface area contributed by atoms with Crippen LogP contribution in [-0.4, -0.2) is 53.1 Å². The second-order valence-corrected chi connectivity index (χ2v) is 10.4. The molecule has 8 nitrogen and oxygen atoms in total. The van der Waals surface area contributed by atoms with Gasteiger partial charge in [0.1, 0.15) is 17.4 Å². The van der Waals surface area contributed by atoms with Crippen LogP contribution in [0.25, 0.3) is 16.8 Å². The Morgan fingerprint density at radius 2 is 2.03 bits per heavy atom. The first kappa shape index (κ1) is 21.6. The number of halogens is 1. The molecule has 36 heavy (non-hydrogen) atoms. The summed E-state index contributed by atoms with van der Waals surface area (Å²) in [5.74, 6) is 2.11. The number of aromatic nitrogens is 3. The number of nitrogens with two attached hydrogens (primary N) is 1. The summed E-state index contributed by atoms with van der Waals surface area (Å²) >= 11 is 0. The van der Waals surface area contributed by atoms with E-state index in [4.69, 9.17) is 20.4 Å². The standard InChI is InChI=1S/C27H28FN7O/c1-13-17-7-16(9-31-24(17)12-34(13)3)36-27-32-23-8-18-19(5-15(28)6-22(18)30-2)25(23)26(33-27)35-10-14-4-21(29)20(14)11-35/h5-7,9,14,20-21,30H,1,4,8,10-12,29H2,2-3H3/t14?,20?,21-/m1/s1. The summed E-state index contributed by atoms with van der Waals surface area (Å²) < 4.78 is 20.8. The van der Waals surface area contributed by atoms with Gasteiger partial charge < -0.3 is 25.6 Å². The van der Waals surface area contributed by atoms with Crippen LogP contribution in [-0.2, 0) is 13.0 Å². The van der Waals surface area contributed by atoms with Gasteiger partial charge in [-0.25, -0.2) is 4.39 Å². The van der Waals surface area contributed by atoms with Gasteiger partial charge in [0.15, 0.2) is 0 Å². The average molecular weight is 486 g/mol. The molecule has 2 aliphatic heterocycles. The van der Waals surface area contributed by atoms with E-state index in [9.17, 15) is 4.39 Å². The molecule has 0 bridgehead atoms. The van der Waals surface area contributed by atoms with E-state index in [2.05, 4.69) is 26.7 Å². The predicted octanol–water partition coefficient (Wildman–Crippen LogP) is 3.62. The topological polar surface area (TPSA) is 92.4 Å². The van der Waals surface area contributed by atoms with Crippen molar-refractivity contribution in [1.82, 2.24) is 19.9 Å². The second kappa shape index (κ2) is 7.64. The highest BCUT2D eigenvalue weighted by Crippen LogP contribution is 2.48. The number of benzene rings is 1. The van der Waals surface area contributed by atoms with E-state index in [-0.39, 0.29) is 17.9 Å². The molecule has 3 atom stereocenters. The maximum absolute atomic E-state index is 14.6. The van der Waals surface area contributed by atoms with Crippen molar-refractivity contribution in [2.45, 2.75) is 25.4 Å². The highest BCUT2D eigenvalue weighted by Gasteiger charge is 2.46. The summed E-state index contributed by atoms with van der Waals surface area (Å²) in [4.78, 5) is 18.6. The van der Waals surface area contributed by atoms with Gasteiger partial charge in [-0.2, -0.15) is 9.97 Å². The van der Waals surface area contributed by atoms with Gasteiger partial charge in [0.05, 0.1) is 24.1 Å². The zero-order chi connectivity index (χ0) is 24.7. The molecule has 1 aromatic carbocycles. The lowest BCUT2D eigenvalue weighted by Crippen LogP contribution is -2.46. The molecule has 2 fully saturated rings. The summed E-state index contributed by atoms with van der Waals surface area (Å²) in [6.07, 6.45) is 3.32. The van der Waals surface area contributed by atoms with Gasteiger partial charge in [-0.05, 0) is 47.6 Å². The van der Waals surface area contributed by atoms with Gasteiger partial charge in [0, 0.05) is 62.2 Å². The lowest BCUT2D eigenvalue weighted by atomic mass is 9.72. The molecule has 2 unspecified atom stereocenters. The van der Waals surface area contributed by atoms with Crippen molar-refractivity contribution >= 4 is 17.2 Å². The molecule has 0 spiro atoms. The number of nitrogens with one attached hydrogen (secondary N) is 1. The van der Waals surface area contributed by atoms with Gasteiger partial charge >= 0.3 is 6.01 Å². The van der Waals surface area contributed by atoms with Gasteiger partial charge in [-0.1, -0.05) is 6.58 Å². The zero-order valence-electron chi connectivity index (χ0n) is 20.4. The second-order valence-electron chi connectivity index (χ2n) is 10.4. The van der Waals surface area contributed by atoms with E-state index >= 15 is 0 Å². The van der Waals surface area contributed by atoms with Crippen LogP contribution >= 0.6 is 0 Å². The molecule has 3 N–H and O–H groups in total. The third-order valence-corrected chi connectivity index (χ3v) is 8.27. The quantitative estimate of drug-likeness (QED) is 0.453. The van der Waals surface area contributed by atoms with Gasteiger partial charge in [-0.3, -0.25) is 4.98 Å². The molecular formula is C27H28FN7O. The number of fused-ring (bicyclic) bond motifs is 5. The summed E-state index contributed by atoms with van der Waals surface area (Å²) in [6.45, 7) is 6.61. The zero-order valence-corrected chi connectivity index (χ0v) is 20.4. The Bertz CT molecular complexity index is 1440. The smallest absolute Gasteiger partial charge is 0.324 e. The summed E-state index contributed by atoms with van der Waals surface area (Å²) in [5.41, 5.74) is 13.5. The van der Waals surface area contributed by atoms with Crippen molar-refractivity contribution in [3.63, 3.8) is 0 Å². The van der Waals surface area contributed by atoms with Crippen molar-refractivity contribution in [2.24, 2.45) is 17.6 Å². The summed E-state index contributed by atoms with van der Waals surface area (Å²) in [6, 6.07) is 5.58. The fourth-order valence-corrected chi connectivity index (χ4v) is 6.26. The average Bonchev–Trinajstić information content (AvgIpc) is 3.49. The minimum Gasteiger partial charge on any atom is -0.423 e. The normalized spacial score (nSPS) is 23.2. The van der Waals surface area contributed by atoms with Crippen LogP contribution in [0, 0.1) is 17.7 Å². The Morgan fingerprint density at radius 1 is 1.17 bits per heavy atom. The van der Waals surface area contributed by atoms with Crippen molar-refractivity contribution < 1.29 is 9.13 Å². The lowest BCUT2D eigenvalue weighted by Gasteiger charge is -2.36. The highest BCUT2D eigenvalue weighted by molar-refractivity contribution is 5.88. The maximum atomic E-state index is 14.6. The Labute approximate surface area is 209 Å². The highest BCUT2D eigenvalue weighted by atomic mass is 19.1. The van der Waals surface area contributed by atoms with E-state index in [0.717, 1.165) is 76.9 Å². The van der Waals surface area contributed by atoms with E-state index < -0.39 is 0 Å². The van der Waals surface area contributed by atoms with E-state index in [1.54, 1.807) is 12.3 Å². The third kappa shape index (κ3) is 3.12. The number of nitrogens with zero attached hydrogens (tertiary/aromatic N) is 5. The van der Waals surface area contributed by atoms with E-state index in [0.29, 0.717) is 24.0 Å². The molecule has 1 saturated carbocycles. The number of pyridine rings is 1. The lowest BCUT2D eigenvalue weighted by molar-refractivity contribution is 0.194. The molecule has 4 heterocycles. The molecule has 0 amide bonds. The molecule has 2 aliphatic carbocycles. The first-order valence-corrected chi connectivity index (χ1v) is 12.4. The van der Waals surface area contributed by atoms with E-state index in [1.165, 1.54) is 6.07 Å². The third-order valence-electron chi connectivity index (χ3n) is 8.27. The Balaban J connectivity index is 1.31. The van der Waals surface area contributed by atoms with Crippen molar-refractivity contribution in [2.75, 3.05) is 37.4 Å². The van der Waals surface area contributed by atoms with Crippen LogP contribution < -0.4 is 20.7 Å². The van der Waals surface area contributed by atoms with Crippen molar-refractivity contribution in [3.8, 4) is 22.9 Å². The molecule has 4 aliphatic rings. The predicted molar refractivity (Wildman–Crippen MR) is 136 cm³/mol. The van der Waals surface area contributed by atoms with Gasteiger partial charge in [0.2, 0.25) is 0 Å². The Hall–Kier alpha value is -3.72. The molecule has 9 heteroatoms. The van der Waals surface area contributed by atoms with Crippen LogP contribution in [0.3, 0.4) is 0 Å². The first-order chi connectivity index (χ1) is 17.4. The van der Waals surface area contributed by atoms with Crippen LogP contribution in [0.2, 0.25) is 0 Å². The minimum atomic E-state index is -0.282. The number of hydrogen-bond acceptors (Lipinski definition) is 8. The number of rotatable bonds is 4. The summed E-state index contributed by atoms with van der Waals surface area (Å²) in [5, 5.41) is 3.14. The minimum absolute atomic E-state index is 0.231. The number of ether oxygens (including phenoxy) is 1. The number of hydrogen-bond donors (Lipinski definition) is 2.